The summed E-state index contributed by atoms with van der Waals surface area (Å²) in [7, 11) is 0. The number of benzene rings is 3. The van der Waals surface area contributed by atoms with E-state index in [4.69, 9.17) is 4.74 Å². The molecular weight excluding hydrogens is 276 g/mol. The van der Waals surface area contributed by atoms with Gasteiger partial charge in [-0.25, -0.2) is 4.79 Å². The van der Waals surface area contributed by atoms with Crippen LogP contribution in [0.3, 0.4) is 0 Å². The maximum Gasteiger partial charge on any atom is 0.339 e. The minimum absolute atomic E-state index is 0.375. The van der Waals surface area contributed by atoms with Crippen molar-refractivity contribution in [3.8, 4) is 0 Å². The van der Waals surface area contributed by atoms with Crippen LogP contribution in [0, 0.1) is 0 Å². The zero-order valence-electron chi connectivity index (χ0n) is 11.8. The van der Waals surface area contributed by atoms with Crippen LogP contribution in [0.1, 0.15) is 33.7 Å². The third kappa shape index (κ3) is 1.98. The van der Waals surface area contributed by atoms with E-state index in [1.54, 1.807) is 12.1 Å². The van der Waals surface area contributed by atoms with Crippen molar-refractivity contribution in [3.05, 3.63) is 83.4 Å². The lowest BCUT2D eigenvalue weighted by Gasteiger charge is -2.19. The molecule has 2 atom stereocenters. The van der Waals surface area contributed by atoms with E-state index < -0.39 is 12.2 Å². The van der Waals surface area contributed by atoms with Gasteiger partial charge < -0.3 is 9.84 Å². The number of aliphatic hydroxyl groups is 1. The highest BCUT2D eigenvalue weighted by molar-refractivity contribution is 5.94. The Morgan fingerprint density at radius 1 is 0.909 bits per heavy atom. The molecule has 0 spiro atoms. The third-order valence-corrected chi connectivity index (χ3v) is 4.12. The Bertz CT molecular complexity index is 869. The quantitative estimate of drug-likeness (QED) is 0.730. The van der Waals surface area contributed by atoms with Gasteiger partial charge in [0.15, 0.2) is 6.10 Å². The number of aliphatic hydroxyl groups excluding tert-OH is 1. The van der Waals surface area contributed by atoms with Gasteiger partial charge in [0, 0.05) is 5.56 Å². The van der Waals surface area contributed by atoms with Crippen LogP contribution in [0.5, 0.6) is 0 Å². The summed E-state index contributed by atoms with van der Waals surface area (Å²) in [5.41, 5.74) is 2.02. The number of carbonyl (C=O) groups excluding carboxylic acids is 1. The Kier molecular flexibility index (Phi) is 2.94. The van der Waals surface area contributed by atoms with Crippen LogP contribution in [-0.4, -0.2) is 11.1 Å². The molecule has 3 nitrogen and oxygen atoms in total. The maximum atomic E-state index is 11.9. The smallest absolute Gasteiger partial charge is 0.339 e. The Morgan fingerprint density at radius 3 is 2.50 bits per heavy atom. The zero-order chi connectivity index (χ0) is 15.1. The summed E-state index contributed by atoms with van der Waals surface area (Å²) < 4.78 is 5.37. The van der Waals surface area contributed by atoms with Gasteiger partial charge in [-0.3, -0.25) is 0 Å². The Morgan fingerprint density at radius 2 is 1.64 bits per heavy atom. The first-order valence-corrected chi connectivity index (χ1v) is 7.21. The van der Waals surface area contributed by atoms with Crippen LogP contribution >= 0.6 is 0 Å². The molecular formula is C19H14O3. The van der Waals surface area contributed by atoms with Crippen LogP contribution in [0.4, 0.5) is 0 Å². The number of hydrogen-bond donors (Lipinski definition) is 1. The highest BCUT2D eigenvalue weighted by atomic mass is 16.6. The van der Waals surface area contributed by atoms with Crippen molar-refractivity contribution in [1.82, 2.24) is 0 Å². The number of carbonyl (C=O) groups is 1. The molecule has 0 amide bonds. The van der Waals surface area contributed by atoms with Gasteiger partial charge in [0.25, 0.3) is 0 Å². The van der Waals surface area contributed by atoms with Gasteiger partial charge in [0.2, 0.25) is 0 Å². The largest absolute Gasteiger partial charge is 0.451 e. The summed E-state index contributed by atoms with van der Waals surface area (Å²) >= 11 is 0. The minimum Gasteiger partial charge on any atom is -0.451 e. The fourth-order valence-electron chi connectivity index (χ4n) is 2.97. The first kappa shape index (κ1) is 13.0. The first-order valence-electron chi connectivity index (χ1n) is 7.21. The summed E-state index contributed by atoms with van der Waals surface area (Å²) in [5.74, 6) is -0.375. The number of ether oxygens (including phenoxy) is 1. The number of hydrogen-bond acceptors (Lipinski definition) is 3. The Balaban J connectivity index is 1.75. The molecule has 3 heteroatoms. The van der Waals surface area contributed by atoms with Crippen molar-refractivity contribution >= 4 is 16.7 Å². The van der Waals surface area contributed by atoms with Gasteiger partial charge in [-0.15, -0.1) is 0 Å². The molecule has 0 aromatic heterocycles. The molecule has 0 fully saturated rings. The number of rotatable bonds is 2. The molecule has 3 aromatic rings. The van der Waals surface area contributed by atoms with E-state index in [2.05, 4.69) is 0 Å². The van der Waals surface area contributed by atoms with Crippen molar-refractivity contribution in [3.63, 3.8) is 0 Å². The maximum absolute atomic E-state index is 11.9. The van der Waals surface area contributed by atoms with Crippen LogP contribution in [0.25, 0.3) is 10.8 Å². The van der Waals surface area contributed by atoms with Gasteiger partial charge in [-0.1, -0.05) is 54.6 Å². The molecule has 0 bridgehead atoms. The van der Waals surface area contributed by atoms with Crippen molar-refractivity contribution in [2.45, 2.75) is 12.2 Å². The second kappa shape index (κ2) is 4.97. The van der Waals surface area contributed by atoms with E-state index in [0.717, 1.165) is 21.9 Å². The molecule has 22 heavy (non-hydrogen) atoms. The van der Waals surface area contributed by atoms with E-state index in [-0.39, 0.29) is 5.97 Å². The molecule has 1 N–H and O–H groups in total. The van der Waals surface area contributed by atoms with E-state index in [1.165, 1.54) is 0 Å². The summed E-state index contributed by atoms with van der Waals surface area (Å²) in [6, 6.07) is 21.0. The summed E-state index contributed by atoms with van der Waals surface area (Å²) in [6.45, 7) is 0. The molecule has 2 unspecified atom stereocenters. The molecule has 1 aliphatic heterocycles. The van der Waals surface area contributed by atoms with Crippen molar-refractivity contribution in [2.75, 3.05) is 0 Å². The highest BCUT2D eigenvalue weighted by Crippen LogP contribution is 2.39. The highest BCUT2D eigenvalue weighted by Gasteiger charge is 2.36. The molecule has 0 radical (unpaired) electrons. The Hall–Kier alpha value is -2.65. The molecule has 4 rings (SSSR count). The number of esters is 1. The first-order chi connectivity index (χ1) is 10.7. The topological polar surface area (TPSA) is 46.5 Å². The van der Waals surface area contributed by atoms with Gasteiger partial charge >= 0.3 is 5.97 Å². The van der Waals surface area contributed by atoms with Crippen molar-refractivity contribution in [2.24, 2.45) is 0 Å². The lowest BCUT2D eigenvalue weighted by Crippen LogP contribution is -2.10. The average Bonchev–Trinajstić information content (AvgIpc) is 2.91. The third-order valence-electron chi connectivity index (χ3n) is 4.12. The zero-order valence-corrected chi connectivity index (χ0v) is 11.8. The van der Waals surface area contributed by atoms with Gasteiger partial charge in [0.05, 0.1) is 5.56 Å². The normalized spacial score (nSPS) is 18.0. The van der Waals surface area contributed by atoms with E-state index in [0.29, 0.717) is 5.56 Å². The lowest BCUT2D eigenvalue weighted by molar-refractivity contribution is -0.0102. The lowest BCUT2D eigenvalue weighted by atomic mass is 9.95. The summed E-state index contributed by atoms with van der Waals surface area (Å²) in [6.07, 6.45) is -1.53. The fraction of sp³-hybridized carbons (Fsp3) is 0.105. The molecule has 1 heterocycles. The van der Waals surface area contributed by atoms with Crippen LogP contribution in [-0.2, 0) is 4.74 Å². The number of fused-ring (bicyclic) bond motifs is 2. The van der Waals surface area contributed by atoms with Crippen molar-refractivity contribution < 1.29 is 14.6 Å². The average molecular weight is 290 g/mol. The molecule has 0 aliphatic carbocycles. The van der Waals surface area contributed by atoms with E-state index in [1.807, 2.05) is 54.6 Å². The second-order valence-corrected chi connectivity index (χ2v) is 5.46. The molecule has 108 valence electrons. The standard InChI is InChI=1S/C19H14O3/c20-17(14-10-9-12-5-1-2-6-13(12)11-14)18-15-7-3-4-8-16(15)19(21)22-18/h1-11,17-18,20H. The van der Waals surface area contributed by atoms with E-state index >= 15 is 0 Å². The van der Waals surface area contributed by atoms with Gasteiger partial charge in [0.1, 0.15) is 6.10 Å². The molecule has 3 aromatic carbocycles. The minimum atomic E-state index is -0.878. The number of cyclic esters (lactones) is 1. The monoisotopic (exact) mass is 290 g/mol. The molecule has 0 saturated heterocycles. The molecule has 1 aliphatic rings. The summed E-state index contributed by atoms with van der Waals surface area (Å²) in [4.78, 5) is 11.9. The molecule has 0 saturated carbocycles. The van der Waals surface area contributed by atoms with Crippen LogP contribution in [0.15, 0.2) is 66.7 Å². The van der Waals surface area contributed by atoms with Gasteiger partial charge in [-0.2, -0.15) is 0 Å². The predicted octanol–water partition coefficient (Wildman–Crippen LogP) is 3.78. The SMILES string of the molecule is O=C1OC(C(O)c2ccc3ccccc3c2)c2ccccc21. The van der Waals surface area contributed by atoms with E-state index in [9.17, 15) is 9.90 Å². The van der Waals surface area contributed by atoms with Gasteiger partial charge in [-0.05, 0) is 28.5 Å². The second-order valence-electron chi connectivity index (χ2n) is 5.46. The summed E-state index contributed by atoms with van der Waals surface area (Å²) in [5, 5.41) is 12.8. The van der Waals surface area contributed by atoms with Crippen LogP contribution in [0.2, 0.25) is 0 Å². The Labute approximate surface area is 127 Å². The predicted molar refractivity (Wildman–Crippen MR) is 83.5 cm³/mol. The van der Waals surface area contributed by atoms with Crippen LogP contribution < -0.4 is 0 Å². The fourth-order valence-corrected chi connectivity index (χ4v) is 2.97. The van der Waals surface area contributed by atoms with Crippen molar-refractivity contribution in [1.29, 1.82) is 0 Å².